The summed E-state index contributed by atoms with van der Waals surface area (Å²) >= 11 is 0. The molecular formula is C50H75N3O4. The molecule has 8 rings (SSSR count). The molecular weight excluding hydrogens is 707 g/mol. The van der Waals surface area contributed by atoms with Gasteiger partial charge in [-0.15, -0.1) is 0 Å². The van der Waals surface area contributed by atoms with Gasteiger partial charge in [0.1, 0.15) is 5.60 Å². The van der Waals surface area contributed by atoms with Gasteiger partial charge >= 0.3 is 12.1 Å². The van der Waals surface area contributed by atoms with Crippen molar-refractivity contribution in [1.82, 2.24) is 15.5 Å². The van der Waals surface area contributed by atoms with Gasteiger partial charge in [0.05, 0.1) is 18.7 Å². The zero-order valence-electron chi connectivity index (χ0n) is 37.2. The van der Waals surface area contributed by atoms with Gasteiger partial charge in [-0.05, 0) is 178 Å². The van der Waals surface area contributed by atoms with Crippen LogP contribution in [0.25, 0.3) is 5.57 Å². The molecule has 0 aromatic heterocycles. The summed E-state index contributed by atoms with van der Waals surface area (Å²) in [6.07, 6.45) is 15.1. The van der Waals surface area contributed by atoms with Gasteiger partial charge in [0.2, 0.25) is 0 Å². The Morgan fingerprint density at radius 1 is 0.912 bits per heavy atom. The Kier molecular flexibility index (Phi) is 10.3. The molecule has 1 aliphatic heterocycles. The van der Waals surface area contributed by atoms with Crippen molar-refractivity contribution < 1.29 is 19.1 Å². The SMILES string of the molecule is C=C(C)[C@@H]1CC[C@]2(NCCNC[C@@H]3C4C[C@H]4CN3C(=O)OC(C)(C)C)CC[C@]3(C)[C@H](CC[C@@H]4[C@@]5(C)CC=C(c6ccc(C(=O)OC)cc6)C(C)(C)[C@@H]5CC[C@]43C)[C@@H]12. The van der Waals surface area contributed by atoms with Gasteiger partial charge in [-0.25, -0.2) is 9.59 Å². The zero-order chi connectivity index (χ0) is 40.9. The molecule has 6 fully saturated rings. The van der Waals surface area contributed by atoms with Crippen molar-refractivity contribution in [2.45, 2.75) is 144 Å². The third-order valence-corrected chi connectivity index (χ3v) is 18.3. The van der Waals surface area contributed by atoms with Crippen LogP contribution in [-0.2, 0) is 9.47 Å². The van der Waals surface area contributed by atoms with Crippen molar-refractivity contribution in [3.05, 3.63) is 53.6 Å². The molecule has 1 unspecified atom stereocenters. The van der Waals surface area contributed by atoms with E-state index in [0.29, 0.717) is 57.8 Å². The number of piperidine rings is 1. The zero-order valence-corrected chi connectivity index (χ0v) is 37.2. The molecule has 0 radical (unpaired) electrons. The van der Waals surface area contributed by atoms with E-state index in [1.54, 1.807) is 0 Å². The van der Waals surface area contributed by atoms with Crippen LogP contribution in [0.4, 0.5) is 4.79 Å². The molecule has 7 nitrogen and oxygen atoms in total. The monoisotopic (exact) mass is 782 g/mol. The fourth-order valence-electron chi connectivity index (χ4n) is 15.5. The highest BCUT2D eigenvalue weighted by Gasteiger charge is 2.70. The fraction of sp³-hybridized carbons (Fsp3) is 0.760. The van der Waals surface area contributed by atoms with Crippen molar-refractivity contribution in [3.8, 4) is 0 Å². The van der Waals surface area contributed by atoms with Crippen LogP contribution in [0.5, 0.6) is 0 Å². The number of esters is 1. The van der Waals surface area contributed by atoms with E-state index in [0.717, 1.165) is 32.6 Å². The molecule has 7 heteroatoms. The van der Waals surface area contributed by atoms with E-state index in [4.69, 9.17) is 9.47 Å². The van der Waals surface area contributed by atoms with Crippen molar-refractivity contribution in [2.24, 2.45) is 63.1 Å². The average molecular weight is 782 g/mol. The number of methoxy groups -OCH3 is 1. The first kappa shape index (κ1) is 41.1. The summed E-state index contributed by atoms with van der Waals surface area (Å²) in [5, 5.41) is 8.08. The Balaban J connectivity index is 0.972. The maximum atomic E-state index is 13.1. The van der Waals surface area contributed by atoms with E-state index in [-0.39, 0.29) is 34.5 Å². The molecule has 5 saturated carbocycles. The third kappa shape index (κ3) is 6.57. The van der Waals surface area contributed by atoms with Crippen molar-refractivity contribution in [1.29, 1.82) is 0 Å². The predicted molar refractivity (Wildman–Crippen MR) is 230 cm³/mol. The van der Waals surface area contributed by atoms with Crippen LogP contribution in [0, 0.1) is 63.1 Å². The van der Waals surface area contributed by atoms with Gasteiger partial charge in [0, 0.05) is 31.7 Å². The molecule has 0 bridgehead atoms. The summed E-state index contributed by atoms with van der Waals surface area (Å²) in [5.74, 6) is 4.22. The largest absolute Gasteiger partial charge is 0.465 e. The van der Waals surface area contributed by atoms with Crippen LogP contribution in [0.1, 0.15) is 142 Å². The lowest BCUT2D eigenvalue weighted by molar-refractivity contribution is -0.219. The van der Waals surface area contributed by atoms with E-state index < -0.39 is 5.60 Å². The first-order valence-corrected chi connectivity index (χ1v) is 22.8. The van der Waals surface area contributed by atoms with Gasteiger partial charge in [0.25, 0.3) is 0 Å². The lowest BCUT2D eigenvalue weighted by Crippen LogP contribution is -2.68. The van der Waals surface area contributed by atoms with Gasteiger partial charge in [-0.2, -0.15) is 0 Å². The van der Waals surface area contributed by atoms with E-state index >= 15 is 0 Å². The van der Waals surface area contributed by atoms with Crippen LogP contribution in [0.3, 0.4) is 0 Å². The molecule has 1 amide bonds. The molecule has 314 valence electrons. The van der Waals surface area contributed by atoms with Crippen LogP contribution in [0.2, 0.25) is 0 Å². The minimum atomic E-state index is -0.466. The van der Waals surface area contributed by atoms with Crippen LogP contribution >= 0.6 is 0 Å². The number of carbonyl (C=O) groups excluding carboxylic acids is 2. The average Bonchev–Trinajstić information content (AvgIpc) is 3.66. The Hall–Kier alpha value is -2.64. The van der Waals surface area contributed by atoms with E-state index in [1.807, 2.05) is 37.8 Å². The number of fused-ring (bicyclic) bond motifs is 8. The topological polar surface area (TPSA) is 79.9 Å². The number of benzene rings is 1. The Morgan fingerprint density at radius 2 is 1.65 bits per heavy atom. The number of carbonyl (C=O) groups is 2. The number of nitrogens with zero attached hydrogens (tertiary/aromatic N) is 1. The molecule has 0 spiro atoms. The second-order valence-corrected chi connectivity index (χ2v) is 22.4. The number of nitrogens with one attached hydrogen (secondary N) is 2. The normalized spacial score (nSPS) is 41.4. The Bertz CT molecular complexity index is 1780. The minimum absolute atomic E-state index is 0.0428. The van der Waals surface area contributed by atoms with Gasteiger partial charge in [-0.1, -0.05) is 65.0 Å². The number of amides is 1. The second kappa shape index (κ2) is 14.2. The highest BCUT2D eigenvalue weighted by molar-refractivity contribution is 5.90. The van der Waals surface area contributed by atoms with Crippen LogP contribution in [0.15, 0.2) is 42.5 Å². The molecule has 57 heavy (non-hydrogen) atoms. The van der Waals surface area contributed by atoms with E-state index in [9.17, 15) is 9.59 Å². The lowest BCUT2D eigenvalue weighted by atomic mass is 9.33. The molecule has 7 aliphatic rings. The third-order valence-electron chi connectivity index (χ3n) is 18.3. The van der Waals surface area contributed by atoms with Crippen molar-refractivity contribution >= 4 is 17.6 Å². The van der Waals surface area contributed by atoms with E-state index in [2.05, 4.69) is 77.0 Å². The first-order chi connectivity index (χ1) is 26.8. The smallest absolute Gasteiger partial charge is 0.410 e. The predicted octanol–water partition coefficient (Wildman–Crippen LogP) is 10.3. The molecule has 6 aliphatic carbocycles. The summed E-state index contributed by atoms with van der Waals surface area (Å²) < 4.78 is 10.8. The van der Waals surface area contributed by atoms with Gasteiger partial charge < -0.3 is 25.0 Å². The number of rotatable bonds is 9. The maximum absolute atomic E-state index is 13.1. The highest BCUT2D eigenvalue weighted by Crippen LogP contribution is 2.76. The minimum Gasteiger partial charge on any atom is -0.465 e. The van der Waals surface area contributed by atoms with Crippen LogP contribution in [-0.4, -0.2) is 67.4 Å². The van der Waals surface area contributed by atoms with Crippen molar-refractivity contribution in [2.75, 3.05) is 33.3 Å². The molecule has 1 saturated heterocycles. The summed E-state index contributed by atoms with van der Waals surface area (Å²) in [4.78, 5) is 27.3. The molecule has 1 heterocycles. The second-order valence-electron chi connectivity index (χ2n) is 22.4. The first-order valence-electron chi connectivity index (χ1n) is 22.8. The summed E-state index contributed by atoms with van der Waals surface area (Å²) in [5.41, 5.74) is 5.28. The molecule has 12 atom stereocenters. The summed E-state index contributed by atoms with van der Waals surface area (Å²) in [6.45, 7) is 29.6. The summed E-state index contributed by atoms with van der Waals surface area (Å²) in [7, 11) is 1.45. The summed E-state index contributed by atoms with van der Waals surface area (Å²) in [6, 6.07) is 8.38. The van der Waals surface area contributed by atoms with Gasteiger partial charge in [0.15, 0.2) is 0 Å². The number of likely N-dealkylation sites (tertiary alicyclic amines) is 1. The Morgan fingerprint density at radius 3 is 2.33 bits per heavy atom. The number of hydrogen-bond donors (Lipinski definition) is 2. The number of allylic oxidation sites excluding steroid dienone is 3. The highest BCUT2D eigenvalue weighted by atomic mass is 16.6. The quantitative estimate of drug-likeness (QED) is 0.148. The standard InChI is InChI=1S/C50H75N3O4/c1-31(2)35-18-23-50(52-27-26-51-29-39-36-28-34(36)30-53(39)44(55)57-45(3,4)5)25-24-48(9)38(42(35)50)16-17-41-47(8)21-19-37(32-12-14-33(15-13-32)43(54)56-11)46(6,7)40(47)20-22-49(41,48)10/h12-15,19,34-36,38-42,51-52H,1,16-18,20-30H2,2-11H3/t34-,35-,36?,38+,39+,40-,41+,42+,47-,48+,49+,50-/m0/s1. The van der Waals surface area contributed by atoms with Crippen molar-refractivity contribution in [3.63, 3.8) is 0 Å². The maximum Gasteiger partial charge on any atom is 0.410 e. The number of hydrogen-bond acceptors (Lipinski definition) is 6. The number of ether oxygens (including phenoxy) is 2. The Labute approximate surface area is 344 Å². The van der Waals surface area contributed by atoms with E-state index in [1.165, 1.54) is 81.6 Å². The van der Waals surface area contributed by atoms with Gasteiger partial charge in [-0.3, -0.25) is 0 Å². The molecule has 2 N–H and O–H groups in total. The molecule has 1 aromatic rings. The molecule has 1 aromatic carbocycles. The lowest BCUT2D eigenvalue weighted by Gasteiger charge is -2.72. The fourth-order valence-corrected chi connectivity index (χ4v) is 15.5. The van der Waals surface area contributed by atoms with Crippen LogP contribution < -0.4 is 10.6 Å².